The van der Waals surface area contributed by atoms with Gasteiger partial charge in [0.2, 0.25) is 11.8 Å². The maximum Gasteiger partial charge on any atom is 0.503 e. The smallest absolute Gasteiger partial charge is 0.339 e. The van der Waals surface area contributed by atoms with E-state index in [4.69, 9.17) is 23.2 Å². The van der Waals surface area contributed by atoms with Crippen molar-refractivity contribution in [2.45, 2.75) is 44.0 Å². The number of aliphatic carboxylic acids is 1. The van der Waals surface area contributed by atoms with E-state index in [1.54, 1.807) is 11.0 Å². The van der Waals surface area contributed by atoms with Gasteiger partial charge < -0.3 is 20.1 Å². The van der Waals surface area contributed by atoms with Crippen molar-refractivity contribution in [2.75, 3.05) is 19.3 Å². The van der Waals surface area contributed by atoms with E-state index >= 15 is 0 Å². The predicted octanol–water partition coefficient (Wildman–Crippen LogP) is 4.56. The molecule has 2 amide bonds. The first kappa shape index (κ1) is 25.6. The second-order valence-corrected chi connectivity index (χ2v) is 9.57. The number of carbonyl (C=O) groups is 2. The quantitative estimate of drug-likeness (QED) is 0.319. The Morgan fingerprint density at radius 1 is 1.29 bits per heavy atom. The van der Waals surface area contributed by atoms with Gasteiger partial charge >= 0.3 is 5.97 Å². The Morgan fingerprint density at radius 2 is 1.94 bits per heavy atom. The van der Waals surface area contributed by atoms with Gasteiger partial charge in [0.25, 0.3) is 0 Å². The van der Waals surface area contributed by atoms with Crippen molar-refractivity contribution in [1.29, 1.82) is 0 Å². The lowest BCUT2D eigenvalue weighted by molar-refractivity contribution is -0.132. The average Bonchev–Trinajstić information content (AvgIpc) is 2.73. The summed E-state index contributed by atoms with van der Waals surface area (Å²) in [6.45, 7) is 4.78. The highest BCUT2D eigenvalue weighted by Crippen LogP contribution is 2.35. The zero-order chi connectivity index (χ0) is 23.1. The Hall–Kier alpha value is -1.70. The van der Waals surface area contributed by atoms with Crippen LogP contribution in [0.3, 0.4) is 0 Å². The Morgan fingerprint density at radius 3 is 2.48 bits per heavy atom. The van der Waals surface area contributed by atoms with Crippen LogP contribution in [0, 0.1) is 11.8 Å². The molecule has 2 rings (SSSR count). The molecule has 1 aromatic rings. The van der Waals surface area contributed by atoms with Crippen molar-refractivity contribution in [3.05, 3.63) is 33.8 Å². The molecule has 1 atom stereocenters. The van der Waals surface area contributed by atoms with Crippen LogP contribution >= 0.6 is 35.0 Å². The van der Waals surface area contributed by atoms with Gasteiger partial charge in [-0.05, 0) is 49.1 Å². The number of thioether (sulfide) groups is 1. The number of nitrogens with one attached hydrogen (secondary N) is 1. The SMILES string of the molecule is CSc1ccc(/C=C/C(=O)N2CCC(C(=O)N[C@@H](CC(C)C)C(O)=[OH+])CC2)c(Cl)c1Cl. The Labute approximate surface area is 197 Å². The van der Waals surface area contributed by atoms with Crippen LogP contribution in [0.5, 0.6) is 0 Å². The summed E-state index contributed by atoms with van der Waals surface area (Å²) in [5.74, 6) is -1.21. The average molecular weight is 488 g/mol. The van der Waals surface area contributed by atoms with E-state index in [0.29, 0.717) is 48.0 Å². The standard InChI is InChI=1S/C22H28Cl2N2O4S/c1-13(2)12-16(22(29)30)25-21(28)15-8-10-26(11-9-15)18(27)7-5-14-4-6-17(31-3)20(24)19(14)23/h4-7,13,15-16H,8-12H2,1-3H3,(H,25,28)(H,29,30)/p+1/b7-5+/t16-/m0/s1. The molecule has 3 N–H and O–H groups in total. The van der Waals surface area contributed by atoms with E-state index in [-0.39, 0.29) is 23.7 Å². The van der Waals surface area contributed by atoms with Crippen LogP contribution in [-0.2, 0) is 9.59 Å². The first-order valence-electron chi connectivity index (χ1n) is 10.2. The molecular weight excluding hydrogens is 459 g/mol. The largest absolute Gasteiger partial charge is 0.503 e. The predicted molar refractivity (Wildman–Crippen MR) is 128 cm³/mol. The molecule has 0 aliphatic carbocycles. The van der Waals surface area contributed by atoms with Gasteiger partial charge in [-0.3, -0.25) is 9.59 Å². The summed E-state index contributed by atoms with van der Waals surface area (Å²) in [7, 11) is 0. The summed E-state index contributed by atoms with van der Waals surface area (Å²) in [5, 5.41) is 13.0. The molecule has 0 aromatic heterocycles. The maximum absolute atomic E-state index is 12.5. The minimum absolute atomic E-state index is 0.154. The molecule has 1 aliphatic heterocycles. The van der Waals surface area contributed by atoms with Gasteiger partial charge in [0.15, 0.2) is 6.04 Å². The molecule has 0 radical (unpaired) electrons. The van der Waals surface area contributed by atoms with Crippen LogP contribution in [0.4, 0.5) is 0 Å². The fraction of sp³-hybridized carbons (Fsp3) is 0.500. The number of benzene rings is 1. The van der Waals surface area contributed by atoms with Gasteiger partial charge in [-0.25, -0.2) is 0 Å². The molecule has 1 heterocycles. The maximum atomic E-state index is 12.5. The molecule has 1 aromatic carbocycles. The van der Waals surface area contributed by atoms with E-state index in [9.17, 15) is 19.5 Å². The number of rotatable bonds is 8. The van der Waals surface area contributed by atoms with Crippen molar-refractivity contribution in [1.82, 2.24) is 10.2 Å². The highest BCUT2D eigenvalue weighted by Gasteiger charge is 2.32. The fourth-order valence-electron chi connectivity index (χ4n) is 3.45. The Kier molecular flexibility index (Phi) is 9.72. The van der Waals surface area contributed by atoms with E-state index in [1.165, 1.54) is 17.8 Å². The molecule has 0 spiro atoms. The molecule has 1 aliphatic rings. The highest BCUT2D eigenvalue weighted by atomic mass is 35.5. The molecule has 6 nitrogen and oxygen atoms in total. The normalized spacial score (nSPS) is 16.0. The lowest BCUT2D eigenvalue weighted by Gasteiger charge is -2.31. The minimum Gasteiger partial charge on any atom is -0.339 e. The van der Waals surface area contributed by atoms with Gasteiger partial charge in [0, 0.05) is 30.0 Å². The molecule has 0 saturated carbocycles. The number of carboxylic acids is 1. The number of amides is 2. The van der Waals surface area contributed by atoms with Crippen LogP contribution in [0.15, 0.2) is 23.1 Å². The summed E-state index contributed by atoms with van der Waals surface area (Å²) in [4.78, 5) is 37.0. The van der Waals surface area contributed by atoms with Crippen molar-refractivity contribution in [3.8, 4) is 0 Å². The molecule has 0 bridgehead atoms. The summed E-state index contributed by atoms with van der Waals surface area (Å²) < 4.78 is 0. The third kappa shape index (κ3) is 7.16. The van der Waals surface area contributed by atoms with Gasteiger partial charge in [0.1, 0.15) is 0 Å². The highest BCUT2D eigenvalue weighted by molar-refractivity contribution is 7.98. The molecule has 31 heavy (non-hydrogen) atoms. The second-order valence-electron chi connectivity index (χ2n) is 7.97. The molecule has 1 saturated heterocycles. The van der Waals surface area contributed by atoms with Crippen LogP contribution in [0.25, 0.3) is 6.08 Å². The summed E-state index contributed by atoms with van der Waals surface area (Å²) >= 11 is 14.0. The number of carboxylic acid groups (broad SMARTS) is 1. The number of piperidine rings is 1. The zero-order valence-corrected chi connectivity index (χ0v) is 20.2. The Bertz CT molecular complexity index is 852. The summed E-state index contributed by atoms with van der Waals surface area (Å²) in [6.07, 6.45) is 6.50. The number of carbonyl (C=O) groups excluding carboxylic acids is 2. The number of aliphatic hydroxyl groups excluding tert-OH is 1. The third-order valence-electron chi connectivity index (χ3n) is 5.21. The second kappa shape index (κ2) is 11.8. The van der Waals surface area contributed by atoms with Crippen LogP contribution in [-0.4, -0.2) is 58.0 Å². The van der Waals surface area contributed by atoms with E-state index in [1.807, 2.05) is 32.2 Å². The lowest BCUT2D eigenvalue weighted by atomic mass is 9.94. The van der Waals surface area contributed by atoms with Gasteiger partial charge in [0.05, 0.1) is 10.0 Å². The van der Waals surface area contributed by atoms with Crippen molar-refractivity contribution >= 4 is 58.8 Å². The molecule has 9 heteroatoms. The van der Waals surface area contributed by atoms with Crippen LogP contribution in [0.2, 0.25) is 10.0 Å². The van der Waals surface area contributed by atoms with Crippen molar-refractivity contribution in [2.24, 2.45) is 11.8 Å². The fourth-order valence-corrected chi connectivity index (χ4v) is 4.62. The molecule has 1 fully saturated rings. The first-order valence-corrected chi connectivity index (χ1v) is 12.2. The van der Waals surface area contributed by atoms with Gasteiger partial charge in [-0.15, -0.1) is 11.8 Å². The summed E-state index contributed by atoms with van der Waals surface area (Å²) in [5.41, 5.74) is 0.670. The van der Waals surface area contributed by atoms with E-state index < -0.39 is 12.0 Å². The summed E-state index contributed by atoms with van der Waals surface area (Å²) in [6, 6.07) is 2.91. The number of nitrogens with zero attached hydrogens (tertiary/aromatic N) is 1. The number of likely N-dealkylation sites (tertiary alicyclic amines) is 1. The van der Waals surface area contributed by atoms with Crippen molar-refractivity contribution in [3.63, 3.8) is 0 Å². The Balaban J connectivity index is 1.91. The number of hydrogen-bond donors (Lipinski definition) is 2. The van der Waals surface area contributed by atoms with E-state index in [2.05, 4.69) is 5.32 Å². The third-order valence-corrected chi connectivity index (χ3v) is 7.00. The topological polar surface area (TPSA) is 91.0 Å². The lowest BCUT2D eigenvalue weighted by Crippen LogP contribution is -2.47. The van der Waals surface area contributed by atoms with Gasteiger partial charge in [-0.2, -0.15) is 0 Å². The zero-order valence-electron chi connectivity index (χ0n) is 17.9. The van der Waals surface area contributed by atoms with Gasteiger partial charge in [-0.1, -0.05) is 43.1 Å². The molecular formula is C22H29Cl2N2O4S+. The van der Waals surface area contributed by atoms with Crippen LogP contribution < -0.4 is 5.32 Å². The number of hydrogen-bond acceptors (Lipinski definition) is 3. The monoisotopic (exact) mass is 487 g/mol. The molecule has 170 valence electrons. The minimum atomic E-state index is -0.774. The number of halogens is 2. The first-order chi connectivity index (χ1) is 14.6. The van der Waals surface area contributed by atoms with Crippen LogP contribution in [0.1, 0.15) is 38.7 Å². The van der Waals surface area contributed by atoms with E-state index in [0.717, 1.165) is 4.90 Å². The van der Waals surface area contributed by atoms with Crippen molar-refractivity contribution < 1.29 is 19.5 Å². The molecule has 0 unspecified atom stereocenters.